The highest BCUT2D eigenvalue weighted by Gasteiger charge is 2.38. The second-order valence-corrected chi connectivity index (χ2v) is 5.92. The predicted molar refractivity (Wildman–Crippen MR) is 78.3 cm³/mol. The number of halogens is 1. The van der Waals surface area contributed by atoms with Crippen LogP contribution in [0.4, 0.5) is 0 Å². The number of carbonyl (C=O) groups excluding carboxylic acids is 1. The van der Waals surface area contributed by atoms with Gasteiger partial charge in [-0.3, -0.25) is 4.79 Å². The monoisotopic (exact) mass is 299 g/mol. The van der Waals surface area contributed by atoms with Crippen LogP contribution in [-0.4, -0.2) is 42.1 Å². The molecule has 112 valence electrons. The van der Waals surface area contributed by atoms with E-state index in [0.717, 1.165) is 39.0 Å². The third-order valence-corrected chi connectivity index (χ3v) is 4.69. The summed E-state index contributed by atoms with van der Waals surface area (Å²) in [7, 11) is 0. The number of hydrogen-bond donors (Lipinski definition) is 1. The molecule has 2 fully saturated rings. The molecular formula is C14H22ClN3O2. The second-order valence-electron chi connectivity index (χ2n) is 5.92. The van der Waals surface area contributed by atoms with Crippen LogP contribution in [-0.2, 0) is 0 Å². The fourth-order valence-electron chi connectivity index (χ4n) is 3.35. The van der Waals surface area contributed by atoms with Crippen molar-refractivity contribution in [2.24, 2.45) is 5.41 Å². The molecule has 0 radical (unpaired) electrons. The van der Waals surface area contributed by atoms with Crippen LogP contribution in [0.2, 0.25) is 0 Å². The topological polar surface area (TPSA) is 58.4 Å². The summed E-state index contributed by atoms with van der Waals surface area (Å²) < 4.78 is 5.09. The lowest BCUT2D eigenvalue weighted by Gasteiger charge is -2.38. The lowest BCUT2D eigenvalue weighted by Crippen LogP contribution is -2.44. The summed E-state index contributed by atoms with van der Waals surface area (Å²) >= 11 is 0. The molecule has 1 aromatic heterocycles. The fraction of sp³-hybridized carbons (Fsp3) is 0.714. The van der Waals surface area contributed by atoms with Gasteiger partial charge in [-0.25, -0.2) is 0 Å². The molecule has 0 atom stereocenters. The number of aryl methyl sites for hydroxylation is 2. The van der Waals surface area contributed by atoms with E-state index in [1.54, 1.807) is 6.92 Å². The van der Waals surface area contributed by atoms with Crippen molar-refractivity contribution < 1.29 is 9.32 Å². The average Bonchev–Trinajstić information content (AvgIpc) is 2.98. The Morgan fingerprint density at radius 2 is 2.00 bits per heavy atom. The maximum atomic E-state index is 12.5. The number of hydrogen-bond acceptors (Lipinski definition) is 4. The minimum atomic E-state index is 0. The minimum absolute atomic E-state index is 0. The summed E-state index contributed by atoms with van der Waals surface area (Å²) in [5.74, 6) is 0.711. The van der Waals surface area contributed by atoms with Crippen molar-refractivity contribution in [3.8, 4) is 0 Å². The van der Waals surface area contributed by atoms with Crippen LogP contribution in [0.1, 0.15) is 41.1 Å². The number of aromatic nitrogens is 1. The molecule has 2 saturated heterocycles. The van der Waals surface area contributed by atoms with E-state index in [0.29, 0.717) is 22.4 Å². The molecule has 2 aliphatic rings. The Balaban J connectivity index is 0.00000147. The SMILES string of the molecule is Cc1noc(C)c1C(=O)N1CCC2(CCNC2)CC1.Cl. The Morgan fingerprint density at radius 3 is 2.50 bits per heavy atom. The molecule has 0 unspecified atom stereocenters. The quantitative estimate of drug-likeness (QED) is 0.861. The largest absolute Gasteiger partial charge is 0.361 e. The summed E-state index contributed by atoms with van der Waals surface area (Å²) in [4.78, 5) is 14.5. The first-order valence-corrected chi connectivity index (χ1v) is 7.04. The van der Waals surface area contributed by atoms with Crippen LogP contribution in [0.3, 0.4) is 0 Å². The van der Waals surface area contributed by atoms with Gasteiger partial charge in [-0.1, -0.05) is 5.16 Å². The zero-order valence-corrected chi connectivity index (χ0v) is 12.9. The number of likely N-dealkylation sites (tertiary alicyclic amines) is 1. The summed E-state index contributed by atoms with van der Waals surface area (Å²) in [5.41, 5.74) is 1.79. The third kappa shape index (κ3) is 2.56. The Hall–Kier alpha value is -1.07. The first-order valence-electron chi connectivity index (χ1n) is 7.04. The van der Waals surface area contributed by atoms with Gasteiger partial charge in [0.05, 0.1) is 5.69 Å². The molecule has 20 heavy (non-hydrogen) atoms. The van der Waals surface area contributed by atoms with Gasteiger partial charge in [0, 0.05) is 19.6 Å². The summed E-state index contributed by atoms with van der Waals surface area (Å²) in [6, 6.07) is 0. The van der Waals surface area contributed by atoms with Crippen molar-refractivity contribution in [3.05, 3.63) is 17.0 Å². The van der Waals surface area contributed by atoms with E-state index >= 15 is 0 Å². The molecule has 1 N–H and O–H groups in total. The molecule has 3 rings (SSSR count). The maximum Gasteiger partial charge on any atom is 0.259 e. The number of carbonyl (C=O) groups is 1. The van der Waals surface area contributed by atoms with Gasteiger partial charge in [-0.15, -0.1) is 12.4 Å². The van der Waals surface area contributed by atoms with Crippen LogP contribution in [0.15, 0.2) is 4.52 Å². The van der Waals surface area contributed by atoms with E-state index in [9.17, 15) is 4.79 Å². The molecular weight excluding hydrogens is 278 g/mol. The molecule has 0 bridgehead atoms. The Labute approximate surface area is 125 Å². The number of rotatable bonds is 1. The van der Waals surface area contributed by atoms with Gasteiger partial charge in [0.2, 0.25) is 0 Å². The van der Waals surface area contributed by atoms with E-state index in [-0.39, 0.29) is 18.3 Å². The molecule has 1 aromatic rings. The van der Waals surface area contributed by atoms with Crippen molar-refractivity contribution in [1.82, 2.24) is 15.4 Å². The Morgan fingerprint density at radius 1 is 1.30 bits per heavy atom. The summed E-state index contributed by atoms with van der Waals surface area (Å²) in [6.45, 7) is 7.57. The van der Waals surface area contributed by atoms with Gasteiger partial charge < -0.3 is 14.7 Å². The van der Waals surface area contributed by atoms with Crippen LogP contribution in [0.5, 0.6) is 0 Å². The van der Waals surface area contributed by atoms with Gasteiger partial charge in [0.15, 0.2) is 0 Å². The first-order chi connectivity index (χ1) is 9.11. The van der Waals surface area contributed by atoms with Gasteiger partial charge in [-0.2, -0.15) is 0 Å². The third-order valence-electron chi connectivity index (χ3n) is 4.69. The zero-order chi connectivity index (χ0) is 13.5. The zero-order valence-electron chi connectivity index (χ0n) is 12.1. The van der Waals surface area contributed by atoms with Crippen molar-refractivity contribution in [3.63, 3.8) is 0 Å². The predicted octanol–water partition coefficient (Wildman–Crippen LogP) is 1.93. The van der Waals surface area contributed by atoms with Gasteiger partial charge in [-0.05, 0) is 45.1 Å². The van der Waals surface area contributed by atoms with Gasteiger partial charge >= 0.3 is 0 Å². The highest BCUT2D eigenvalue weighted by Crippen LogP contribution is 2.37. The lowest BCUT2D eigenvalue weighted by atomic mass is 9.78. The molecule has 2 aliphatic heterocycles. The molecule has 6 heteroatoms. The Kier molecular flexibility index (Phi) is 4.39. The van der Waals surface area contributed by atoms with E-state index < -0.39 is 0 Å². The second kappa shape index (κ2) is 5.74. The number of nitrogens with zero attached hydrogens (tertiary/aromatic N) is 2. The number of piperidine rings is 1. The smallest absolute Gasteiger partial charge is 0.259 e. The molecule has 0 saturated carbocycles. The van der Waals surface area contributed by atoms with Crippen molar-refractivity contribution in [1.29, 1.82) is 0 Å². The molecule has 0 aromatic carbocycles. The van der Waals surface area contributed by atoms with Crippen LogP contribution in [0, 0.1) is 19.3 Å². The van der Waals surface area contributed by atoms with Gasteiger partial charge in [0.1, 0.15) is 11.3 Å². The minimum Gasteiger partial charge on any atom is -0.361 e. The van der Waals surface area contributed by atoms with Crippen LogP contribution < -0.4 is 5.32 Å². The van der Waals surface area contributed by atoms with Crippen LogP contribution in [0.25, 0.3) is 0 Å². The molecule has 5 nitrogen and oxygen atoms in total. The van der Waals surface area contributed by atoms with Crippen molar-refractivity contribution in [2.75, 3.05) is 26.2 Å². The highest BCUT2D eigenvalue weighted by atomic mass is 35.5. The molecule has 1 amide bonds. The van der Waals surface area contributed by atoms with Gasteiger partial charge in [0.25, 0.3) is 5.91 Å². The number of nitrogens with one attached hydrogen (secondary N) is 1. The normalized spacial score (nSPS) is 21.0. The first kappa shape index (κ1) is 15.3. The summed E-state index contributed by atoms with van der Waals surface area (Å²) in [6.07, 6.45) is 3.46. The summed E-state index contributed by atoms with van der Waals surface area (Å²) in [5, 5.41) is 7.31. The standard InChI is InChI=1S/C14H21N3O2.ClH/c1-10-12(11(2)19-16-10)13(18)17-7-4-14(5-8-17)3-6-15-9-14;/h15H,3-9H2,1-2H3;1H. The van der Waals surface area contributed by atoms with Crippen molar-refractivity contribution >= 4 is 18.3 Å². The highest BCUT2D eigenvalue weighted by molar-refractivity contribution is 5.96. The number of amides is 1. The fourth-order valence-corrected chi connectivity index (χ4v) is 3.35. The van der Waals surface area contributed by atoms with Crippen LogP contribution >= 0.6 is 12.4 Å². The lowest BCUT2D eigenvalue weighted by molar-refractivity contribution is 0.0605. The molecule has 0 aliphatic carbocycles. The molecule has 3 heterocycles. The Bertz CT molecular complexity index is 465. The molecule has 1 spiro atoms. The van der Waals surface area contributed by atoms with E-state index in [1.165, 1.54) is 6.42 Å². The van der Waals surface area contributed by atoms with Crippen molar-refractivity contribution in [2.45, 2.75) is 33.1 Å². The van der Waals surface area contributed by atoms with E-state index in [1.807, 2.05) is 11.8 Å². The average molecular weight is 300 g/mol. The van der Waals surface area contributed by atoms with E-state index in [2.05, 4.69) is 10.5 Å². The van der Waals surface area contributed by atoms with E-state index in [4.69, 9.17) is 4.52 Å². The maximum absolute atomic E-state index is 12.5.